The Kier molecular flexibility index (Phi) is 5.79. The Morgan fingerprint density at radius 3 is 2.67 bits per heavy atom. The number of nitrogens with two attached hydrogens (primary N) is 1. The summed E-state index contributed by atoms with van der Waals surface area (Å²) in [6.07, 6.45) is 0. The number of para-hydroxylation sites is 2. The molecule has 2 rings (SSSR count). The van der Waals surface area contributed by atoms with Crippen LogP contribution in [0.5, 0.6) is 5.75 Å². The number of ether oxygens (including phenoxy) is 1. The van der Waals surface area contributed by atoms with Crippen LogP contribution in [0.1, 0.15) is 5.56 Å². The first kappa shape index (κ1) is 16.0. The minimum atomic E-state index is 0.463. The van der Waals surface area contributed by atoms with Gasteiger partial charge in [0.05, 0.1) is 17.2 Å². The van der Waals surface area contributed by atoms with Gasteiger partial charge in [-0.1, -0.05) is 53.2 Å². The van der Waals surface area contributed by atoms with Crippen molar-refractivity contribution in [1.82, 2.24) is 0 Å². The Bertz CT molecular complexity index is 662. The number of halogens is 2. The van der Waals surface area contributed by atoms with Crippen molar-refractivity contribution in [3.63, 3.8) is 0 Å². The summed E-state index contributed by atoms with van der Waals surface area (Å²) in [7, 11) is 1.60. The van der Waals surface area contributed by atoms with E-state index in [0.29, 0.717) is 32.4 Å². The molecule has 2 N–H and O–H groups in total. The summed E-state index contributed by atoms with van der Waals surface area (Å²) in [6, 6.07) is 13.0. The summed E-state index contributed by atoms with van der Waals surface area (Å²) < 4.78 is 5.23. The summed E-state index contributed by atoms with van der Waals surface area (Å²) in [4.78, 5) is 4.36. The Balaban J connectivity index is 2.05. The lowest BCUT2D eigenvalue weighted by molar-refractivity contribution is 0.416. The second-order valence-corrected chi connectivity index (χ2v) is 5.97. The maximum atomic E-state index is 5.98. The van der Waals surface area contributed by atoms with Crippen LogP contribution in [0.3, 0.4) is 0 Å². The Hall–Kier alpha value is -1.36. The van der Waals surface area contributed by atoms with E-state index in [4.69, 9.17) is 33.7 Å². The quantitative estimate of drug-likeness (QED) is 0.637. The van der Waals surface area contributed by atoms with Gasteiger partial charge in [-0.3, -0.25) is 0 Å². The fraction of sp³-hybridized carbons (Fsp3) is 0.133. The monoisotopic (exact) mass is 340 g/mol. The second-order valence-electron chi connectivity index (χ2n) is 4.16. The van der Waals surface area contributed by atoms with Gasteiger partial charge in [-0.2, -0.15) is 0 Å². The minimum absolute atomic E-state index is 0.463. The van der Waals surface area contributed by atoms with Crippen molar-refractivity contribution >= 4 is 45.8 Å². The van der Waals surface area contributed by atoms with Gasteiger partial charge in [0.2, 0.25) is 0 Å². The molecule has 0 aromatic heterocycles. The van der Waals surface area contributed by atoms with Crippen molar-refractivity contribution in [3.05, 3.63) is 58.1 Å². The maximum absolute atomic E-state index is 5.98. The topological polar surface area (TPSA) is 47.6 Å². The predicted molar refractivity (Wildman–Crippen MR) is 92.0 cm³/mol. The van der Waals surface area contributed by atoms with E-state index in [0.717, 1.165) is 5.56 Å². The molecule has 0 atom stereocenters. The smallest absolute Gasteiger partial charge is 0.159 e. The van der Waals surface area contributed by atoms with Gasteiger partial charge in [0.1, 0.15) is 11.4 Å². The first-order valence-electron chi connectivity index (χ1n) is 6.14. The van der Waals surface area contributed by atoms with Gasteiger partial charge in [-0.25, -0.2) is 4.99 Å². The van der Waals surface area contributed by atoms with Crippen LogP contribution in [-0.2, 0) is 5.75 Å². The molecule has 2 aromatic rings. The third kappa shape index (κ3) is 4.56. The number of benzene rings is 2. The van der Waals surface area contributed by atoms with E-state index in [-0.39, 0.29) is 0 Å². The molecule has 2 aromatic carbocycles. The third-order valence-corrected chi connectivity index (χ3v) is 4.29. The van der Waals surface area contributed by atoms with Crippen LogP contribution in [0.2, 0.25) is 10.0 Å². The molecule has 110 valence electrons. The maximum Gasteiger partial charge on any atom is 0.159 e. The molecule has 0 saturated heterocycles. The third-order valence-electron chi connectivity index (χ3n) is 2.69. The zero-order chi connectivity index (χ0) is 15.2. The first-order valence-corrected chi connectivity index (χ1v) is 7.88. The van der Waals surface area contributed by atoms with E-state index >= 15 is 0 Å². The summed E-state index contributed by atoms with van der Waals surface area (Å²) >= 11 is 13.3. The van der Waals surface area contributed by atoms with E-state index in [1.54, 1.807) is 13.2 Å². The molecule has 0 unspecified atom stereocenters. The van der Waals surface area contributed by atoms with Crippen molar-refractivity contribution < 1.29 is 4.74 Å². The van der Waals surface area contributed by atoms with E-state index in [1.807, 2.05) is 36.4 Å². The highest BCUT2D eigenvalue weighted by Gasteiger charge is 2.04. The van der Waals surface area contributed by atoms with Crippen LogP contribution < -0.4 is 10.5 Å². The number of nitrogens with zero attached hydrogens (tertiary/aromatic N) is 1. The lowest BCUT2D eigenvalue weighted by Crippen LogP contribution is -2.06. The highest BCUT2D eigenvalue weighted by molar-refractivity contribution is 8.13. The molecule has 21 heavy (non-hydrogen) atoms. The number of hydrogen-bond donors (Lipinski definition) is 1. The normalized spacial score (nSPS) is 11.5. The lowest BCUT2D eigenvalue weighted by atomic mass is 10.2. The summed E-state index contributed by atoms with van der Waals surface area (Å²) in [5.41, 5.74) is 7.69. The average Bonchev–Trinajstić information content (AvgIpc) is 2.49. The number of hydrogen-bond acceptors (Lipinski definition) is 3. The molecule has 0 fully saturated rings. The van der Waals surface area contributed by atoms with Gasteiger partial charge >= 0.3 is 0 Å². The highest BCUT2D eigenvalue weighted by Crippen LogP contribution is 2.28. The minimum Gasteiger partial charge on any atom is -0.494 e. The Morgan fingerprint density at radius 1 is 1.19 bits per heavy atom. The molecule has 0 radical (unpaired) electrons. The summed E-state index contributed by atoms with van der Waals surface area (Å²) in [5, 5.41) is 1.54. The molecular weight excluding hydrogens is 327 g/mol. The van der Waals surface area contributed by atoms with Gasteiger partial charge < -0.3 is 10.5 Å². The zero-order valence-electron chi connectivity index (χ0n) is 11.3. The standard InChI is InChI=1S/C15H14Cl2N2OS/c1-20-14-5-3-2-4-13(14)19-15(18)21-9-10-6-7-11(16)12(17)8-10/h2-8H,9H2,1H3,(H2,18,19). The largest absolute Gasteiger partial charge is 0.494 e. The molecule has 0 bridgehead atoms. The molecule has 0 saturated carbocycles. The molecule has 0 aliphatic carbocycles. The van der Waals surface area contributed by atoms with Crippen molar-refractivity contribution in [2.75, 3.05) is 7.11 Å². The van der Waals surface area contributed by atoms with Crippen LogP contribution in [0.15, 0.2) is 47.5 Å². The summed E-state index contributed by atoms with van der Waals surface area (Å²) in [5.74, 6) is 1.36. The number of amidine groups is 1. The number of methoxy groups -OCH3 is 1. The van der Waals surface area contributed by atoms with E-state index in [9.17, 15) is 0 Å². The van der Waals surface area contributed by atoms with Gasteiger partial charge in [-0.15, -0.1) is 0 Å². The molecule has 0 aliphatic heterocycles. The van der Waals surface area contributed by atoms with Crippen LogP contribution in [0.4, 0.5) is 5.69 Å². The van der Waals surface area contributed by atoms with Crippen molar-refractivity contribution in [3.8, 4) is 5.75 Å². The Labute approximate surface area is 138 Å². The molecule has 0 heterocycles. The van der Waals surface area contributed by atoms with Gasteiger partial charge in [0.25, 0.3) is 0 Å². The fourth-order valence-electron chi connectivity index (χ4n) is 1.66. The van der Waals surface area contributed by atoms with Gasteiger partial charge in [-0.05, 0) is 29.8 Å². The van der Waals surface area contributed by atoms with Crippen LogP contribution in [0, 0.1) is 0 Å². The number of rotatable bonds is 4. The molecule has 6 heteroatoms. The predicted octanol–water partition coefficient (Wildman–Crippen LogP) is 4.88. The van der Waals surface area contributed by atoms with E-state index < -0.39 is 0 Å². The van der Waals surface area contributed by atoms with Gasteiger partial charge in [0.15, 0.2) is 5.17 Å². The van der Waals surface area contributed by atoms with Crippen molar-refractivity contribution in [1.29, 1.82) is 0 Å². The highest BCUT2D eigenvalue weighted by atomic mass is 35.5. The first-order chi connectivity index (χ1) is 10.1. The van der Waals surface area contributed by atoms with Crippen molar-refractivity contribution in [2.45, 2.75) is 5.75 Å². The van der Waals surface area contributed by atoms with E-state index in [2.05, 4.69) is 4.99 Å². The lowest BCUT2D eigenvalue weighted by Gasteiger charge is -2.06. The van der Waals surface area contributed by atoms with Crippen molar-refractivity contribution in [2.24, 2.45) is 10.7 Å². The van der Waals surface area contributed by atoms with Crippen LogP contribution >= 0.6 is 35.0 Å². The number of aliphatic imine (C=N–C) groups is 1. The van der Waals surface area contributed by atoms with Crippen LogP contribution in [-0.4, -0.2) is 12.3 Å². The molecular formula is C15H14Cl2N2OS. The van der Waals surface area contributed by atoms with Crippen LogP contribution in [0.25, 0.3) is 0 Å². The molecule has 0 aliphatic rings. The number of thioether (sulfide) groups is 1. The van der Waals surface area contributed by atoms with E-state index in [1.165, 1.54) is 11.8 Å². The Morgan fingerprint density at radius 2 is 1.95 bits per heavy atom. The van der Waals surface area contributed by atoms with Gasteiger partial charge in [0, 0.05) is 5.75 Å². The molecule has 3 nitrogen and oxygen atoms in total. The zero-order valence-corrected chi connectivity index (χ0v) is 13.7. The fourth-order valence-corrected chi connectivity index (χ4v) is 2.64. The second kappa shape index (κ2) is 7.59. The molecule has 0 spiro atoms. The molecule has 0 amide bonds. The summed E-state index contributed by atoms with van der Waals surface area (Å²) in [6.45, 7) is 0. The average molecular weight is 341 g/mol. The SMILES string of the molecule is COc1ccccc1N=C(N)SCc1ccc(Cl)c(Cl)c1.